The van der Waals surface area contributed by atoms with Gasteiger partial charge in [-0.3, -0.25) is 0 Å². The number of esters is 1. The van der Waals surface area contributed by atoms with Crippen LogP contribution in [0.4, 0.5) is 4.79 Å². The molecule has 0 saturated heterocycles. The third-order valence-corrected chi connectivity index (χ3v) is 5.21. The molecule has 0 unspecified atom stereocenters. The van der Waals surface area contributed by atoms with E-state index in [1.807, 2.05) is 52.5 Å². The van der Waals surface area contributed by atoms with E-state index in [4.69, 9.17) is 9.47 Å². The topological polar surface area (TPSA) is 77.5 Å². The van der Waals surface area contributed by atoms with Gasteiger partial charge in [0, 0.05) is 16.3 Å². The van der Waals surface area contributed by atoms with Gasteiger partial charge in [0.15, 0.2) is 0 Å². The molecule has 0 saturated carbocycles. The van der Waals surface area contributed by atoms with Gasteiger partial charge in [-0.25, -0.2) is 14.6 Å². The quantitative estimate of drug-likeness (QED) is 0.599. The molecule has 1 aromatic carbocycles. The molecule has 0 fully saturated rings. The number of aromatic nitrogens is 1. The van der Waals surface area contributed by atoms with Crippen LogP contribution in [0.2, 0.25) is 0 Å². The normalized spacial score (nSPS) is 11.6. The molecule has 1 amide bonds. The second-order valence-electron chi connectivity index (χ2n) is 5.69. The number of thiophene rings is 1. The van der Waals surface area contributed by atoms with Crippen LogP contribution in [0.1, 0.15) is 18.2 Å². The van der Waals surface area contributed by atoms with E-state index < -0.39 is 18.1 Å². The van der Waals surface area contributed by atoms with Gasteiger partial charge in [0.25, 0.3) is 0 Å². The fraction of sp³-hybridized carbons (Fsp3) is 0.211. The van der Waals surface area contributed by atoms with Crippen molar-refractivity contribution in [2.75, 3.05) is 0 Å². The number of alkyl carbamates (subject to hydrolysis) is 1. The van der Waals surface area contributed by atoms with Crippen LogP contribution in [0.15, 0.2) is 52.5 Å². The zero-order valence-corrected chi connectivity index (χ0v) is 16.2. The zero-order valence-electron chi connectivity index (χ0n) is 14.6. The van der Waals surface area contributed by atoms with Crippen LogP contribution in [0.3, 0.4) is 0 Å². The highest BCUT2D eigenvalue weighted by molar-refractivity contribution is 7.14. The Labute approximate surface area is 164 Å². The highest BCUT2D eigenvalue weighted by Crippen LogP contribution is 2.25. The van der Waals surface area contributed by atoms with E-state index in [-0.39, 0.29) is 13.2 Å². The molecule has 140 valence electrons. The molecule has 0 aliphatic heterocycles. The van der Waals surface area contributed by atoms with Crippen molar-refractivity contribution in [2.45, 2.75) is 26.2 Å². The maximum atomic E-state index is 12.0. The van der Waals surface area contributed by atoms with Gasteiger partial charge in [0.2, 0.25) is 0 Å². The van der Waals surface area contributed by atoms with Gasteiger partial charge >= 0.3 is 12.1 Å². The van der Waals surface area contributed by atoms with Crippen molar-refractivity contribution in [3.8, 4) is 10.6 Å². The molecule has 0 radical (unpaired) electrons. The molecule has 2 aromatic heterocycles. The molecule has 0 spiro atoms. The van der Waals surface area contributed by atoms with Crippen molar-refractivity contribution < 1.29 is 19.1 Å². The summed E-state index contributed by atoms with van der Waals surface area (Å²) in [5, 5.41) is 9.20. The summed E-state index contributed by atoms with van der Waals surface area (Å²) in [6, 6.07) is 10.5. The van der Waals surface area contributed by atoms with Gasteiger partial charge in [0.05, 0.1) is 5.69 Å². The Hall–Kier alpha value is -2.71. The standard InChI is InChI=1S/C19H18N2O4S2/c1-13(20-19(23)25-9-14-5-3-2-4-6-14)18(22)24-10-16-12-27-17(21-16)15-7-8-26-11-15/h2-8,11-13H,9-10H2,1H3,(H,20,23)/t13-/m0/s1. The van der Waals surface area contributed by atoms with E-state index in [0.29, 0.717) is 5.69 Å². The summed E-state index contributed by atoms with van der Waals surface area (Å²) in [6.07, 6.45) is -0.670. The number of hydrogen-bond acceptors (Lipinski definition) is 7. The Morgan fingerprint density at radius 2 is 1.93 bits per heavy atom. The Bertz CT molecular complexity index is 878. The number of carbonyl (C=O) groups is 2. The first-order chi connectivity index (χ1) is 13.1. The molecule has 0 aliphatic carbocycles. The highest BCUT2D eigenvalue weighted by Gasteiger charge is 2.18. The van der Waals surface area contributed by atoms with Crippen LogP contribution < -0.4 is 5.32 Å². The fourth-order valence-electron chi connectivity index (χ4n) is 2.16. The molecule has 2 heterocycles. The minimum absolute atomic E-state index is 0.0601. The minimum Gasteiger partial charge on any atom is -0.458 e. The first-order valence-electron chi connectivity index (χ1n) is 8.22. The van der Waals surface area contributed by atoms with Crippen molar-refractivity contribution in [3.63, 3.8) is 0 Å². The smallest absolute Gasteiger partial charge is 0.408 e. The molecule has 1 N–H and O–H groups in total. The third kappa shape index (κ3) is 5.63. The predicted molar refractivity (Wildman–Crippen MR) is 104 cm³/mol. The van der Waals surface area contributed by atoms with Crippen LogP contribution in [-0.4, -0.2) is 23.1 Å². The van der Waals surface area contributed by atoms with E-state index in [9.17, 15) is 9.59 Å². The Morgan fingerprint density at radius 1 is 1.11 bits per heavy atom. The summed E-state index contributed by atoms with van der Waals surface area (Å²) in [4.78, 5) is 28.3. The largest absolute Gasteiger partial charge is 0.458 e. The van der Waals surface area contributed by atoms with Crippen molar-refractivity contribution in [3.05, 3.63) is 63.8 Å². The number of hydrogen-bond donors (Lipinski definition) is 1. The van der Waals surface area contributed by atoms with E-state index in [1.165, 1.54) is 11.3 Å². The molecule has 6 nitrogen and oxygen atoms in total. The van der Waals surface area contributed by atoms with Crippen LogP contribution in [0.25, 0.3) is 10.6 Å². The molecule has 27 heavy (non-hydrogen) atoms. The lowest BCUT2D eigenvalue weighted by Crippen LogP contribution is -2.39. The van der Waals surface area contributed by atoms with Crippen LogP contribution in [-0.2, 0) is 27.5 Å². The van der Waals surface area contributed by atoms with Crippen molar-refractivity contribution >= 4 is 34.7 Å². The van der Waals surface area contributed by atoms with Gasteiger partial charge in [0.1, 0.15) is 24.3 Å². The maximum Gasteiger partial charge on any atom is 0.408 e. The Morgan fingerprint density at radius 3 is 2.67 bits per heavy atom. The van der Waals surface area contributed by atoms with Crippen LogP contribution in [0, 0.1) is 0 Å². The van der Waals surface area contributed by atoms with Gasteiger partial charge in [-0.05, 0) is 23.9 Å². The summed E-state index contributed by atoms with van der Waals surface area (Å²) in [7, 11) is 0. The number of rotatable bonds is 7. The summed E-state index contributed by atoms with van der Waals surface area (Å²) >= 11 is 3.10. The number of amides is 1. The number of ether oxygens (including phenoxy) is 2. The molecule has 3 rings (SSSR count). The van der Waals surface area contributed by atoms with Crippen LogP contribution >= 0.6 is 22.7 Å². The van der Waals surface area contributed by atoms with Crippen LogP contribution in [0.5, 0.6) is 0 Å². The van der Waals surface area contributed by atoms with E-state index in [0.717, 1.165) is 16.1 Å². The second kappa shape index (κ2) is 9.29. The summed E-state index contributed by atoms with van der Waals surface area (Å²) in [5.41, 5.74) is 2.60. The predicted octanol–water partition coefficient (Wildman–Crippen LogP) is 4.23. The summed E-state index contributed by atoms with van der Waals surface area (Å²) in [5.74, 6) is -0.545. The first-order valence-corrected chi connectivity index (χ1v) is 10.0. The van der Waals surface area contributed by atoms with Gasteiger partial charge in [-0.1, -0.05) is 30.3 Å². The zero-order chi connectivity index (χ0) is 19.1. The van der Waals surface area contributed by atoms with E-state index in [2.05, 4.69) is 10.3 Å². The van der Waals surface area contributed by atoms with Crippen molar-refractivity contribution in [1.29, 1.82) is 0 Å². The lowest BCUT2D eigenvalue weighted by molar-refractivity contribution is -0.147. The monoisotopic (exact) mass is 402 g/mol. The average molecular weight is 402 g/mol. The number of nitrogens with zero attached hydrogens (tertiary/aromatic N) is 1. The lowest BCUT2D eigenvalue weighted by Gasteiger charge is -2.13. The van der Waals surface area contributed by atoms with Crippen molar-refractivity contribution in [1.82, 2.24) is 10.3 Å². The SMILES string of the molecule is C[C@H](NC(=O)OCc1ccccc1)C(=O)OCc1csc(-c2ccsc2)n1. The van der Waals surface area contributed by atoms with Gasteiger partial charge < -0.3 is 14.8 Å². The highest BCUT2D eigenvalue weighted by atomic mass is 32.1. The maximum absolute atomic E-state index is 12.0. The molecule has 3 aromatic rings. The molecular weight excluding hydrogens is 384 g/mol. The number of carbonyl (C=O) groups excluding carboxylic acids is 2. The van der Waals surface area contributed by atoms with Crippen molar-refractivity contribution in [2.24, 2.45) is 0 Å². The molecule has 8 heteroatoms. The van der Waals surface area contributed by atoms with E-state index >= 15 is 0 Å². The lowest BCUT2D eigenvalue weighted by atomic mass is 10.2. The third-order valence-electron chi connectivity index (χ3n) is 3.58. The Kier molecular flexibility index (Phi) is 6.56. The molecule has 0 aliphatic rings. The fourth-order valence-corrected chi connectivity index (χ4v) is 3.68. The minimum atomic E-state index is -0.816. The average Bonchev–Trinajstić information content (AvgIpc) is 3.36. The number of thiazole rings is 1. The number of nitrogens with one attached hydrogen (secondary N) is 1. The van der Waals surface area contributed by atoms with Gasteiger partial charge in [-0.15, -0.1) is 11.3 Å². The number of benzene rings is 1. The molecular formula is C19H18N2O4S2. The first kappa shape index (κ1) is 19.1. The summed E-state index contributed by atoms with van der Waals surface area (Å²) in [6.45, 7) is 1.74. The summed E-state index contributed by atoms with van der Waals surface area (Å²) < 4.78 is 10.3. The Balaban J connectivity index is 1.41. The molecule has 0 bridgehead atoms. The molecule has 1 atom stereocenters. The van der Waals surface area contributed by atoms with E-state index in [1.54, 1.807) is 18.3 Å². The van der Waals surface area contributed by atoms with Gasteiger partial charge in [-0.2, -0.15) is 11.3 Å². The second-order valence-corrected chi connectivity index (χ2v) is 7.33.